The molecule has 1 unspecified atom stereocenters. The van der Waals surface area contributed by atoms with Gasteiger partial charge in [0.15, 0.2) is 0 Å². The van der Waals surface area contributed by atoms with E-state index in [0.29, 0.717) is 21.1 Å². The minimum atomic E-state index is -4.54. The predicted molar refractivity (Wildman–Crippen MR) is 62.1 cm³/mol. The van der Waals surface area contributed by atoms with Gasteiger partial charge in [-0.05, 0) is 28.1 Å². The van der Waals surface area contributed by atoms with Gasteiger partial charge in [-0.1, -0.05) is 12.1 Å². The second kappa shape index (κ2) is 5.77. The molecule has 0 saturated heterocycles. The van der Waals surface area contributed by atoms with Crippen LogP contribution in [-0.2, 0) is 4.79 Å². The van der Waals surface area contributed by atoms with Crippen molar-refractivity contribution in [2.45, 2.75) is 22.7 Å². The van der Waals surface area contributed by atoms with E-state index < -0.39 is 23.8 Å². The highest BCUT2D eigenvalue weighted by molar-refractivity contribution is 9.10. The average Bonchev–Trinajstić information content (AvgIpc) is 2.18. The van der Waals surface area contributed by atoms with Crippen LogP contribution in [0.4, 0.5) is 13.2 Å². The smallest absolute Gasteiger partial charge is 0.401 e. The first-order valence-electron chi connectivity index (χ1n) is 4.50. The van der Waals surface area contributed by atoms with E-state index in [0.717, 1.165) is 0 Å². The van der Waals surface area contributed by atoms with Crippen molar-refractivity contribution >= 4 is 33.7 Å². The quantitative estimate of drug-likeness (QED) is 0.850. The fraction of sp³-hybridized carbons (Fsp3) is 0.300. The summed E-state index contributed by atoms with van der Waals surface area (Å²) in [6.45, 7) is 0. The first kappa shape index (κ1) is 14.4. The highest BCUT2D eigenvalue weighted by Gasteiger charge is 2.41. The highest BCUT2D eigenvalue weighted by Crippen LogP contribution is 2.39. The van der Waals surface area contributed by atoms with Crippen molar-refractivity contribution < 1.29 is 23.1 Å². The Morgan fingerprint density at radius 2 is 2.00 bits per heavy atom. The molecule has 0 aliphatic carbocycles. The second-order valence-electron chi connectivity index (χ2n) is 3.18. The maximum atomic E-state index is 12.6. The predicted octanol–water partition coefficient (Wildman–Crippen LogP) is 3.95. The Kier molecular flexibility index (Phi) is 4.88. The number of benzene rings is 1. The Bertz CT molecular complexity index is 409. The largest absolute Gasteiger partial charge is 0.481 e. The minimum Gasteiger partial charge on any atom is -0.481 e. The minimum absolute atomic E-state index is 0.371. The van der Waals surface area contributed by atoms with Crippen LogP contribution >= 0.6 is 27.7 Å². The van der Waals surface area contributed by atoms with E-state index in [-0.39, 0.29) is 0 Å². The van der Waals surface area contributed by atoms with Crippen LogP contribution in [0.2, 0.25) is 0 Å². The summed E-state index contributed by atoms with van der Waals surface area (Å²) in [4.78, 5) is 10.8. The van der Waals surface area contributed by atoms with Gasteiger partial charge in [0.1, 0.15) is 5.25 Å². The molecule has 0 spiro atoms. The van der Waals surface area contributed by atoms with Gasteiger partial charge >= 0.3 is 12.1 Å². The van der Waals surface area contributed by atoms with Gasteiger partial charge in [0, 0.05) is 9.37 Å². The van der Waals surface area contributed by atoms with E-state index in [1.807, 2.05) is 0 Å². The van der Waals surface area contributed by atoms with Crippen molar-refractivity contribution in [1.82, 2.24) is 0 Å². The zero-order valence-electron chi connectivity index (χ0n) is 8.37. The van der Waals surface area contributed by atoms with Crippen LogP contribution in [0, 0.1) is 0 Å². The summed E-state index contributed by atoms with van der Waals surface area (Å²) in [6, 6.07) is 6.39. The van der Waals surface area contributed by atoms with Gasteiger partial charge in [0.2, 0.25) is 0 Å². The first-order chi connectivity index (χ1) is 7.80. The SMILES string of the molecule is O=C(O)CC(Sc1ccccc1Br)C(F)(F)F. The molecule has 0 fully saturated rings. The molecule has 0 aromatic heterocycles. The molecule has 0 bridgehead atoms. The molecule has 2 nitrogen and oxygen atoms in total. The lowest BCUT2D eigenvalue weighted by atomic mass is 10.3. The number of carboxylic acid groups (broad SMARTS) is 1. The number of hydrogen-bond donors (Lipinski definition) is 1. The van der Waals surface area contributed by atoms with Crippen LogP contribution in [0.25, 0.3) is 0 Å². The van der Waals surface area contributed by atoms with E-state index in [2.05, 4.69) is 15.9 Å². The van der Waals surface area contributed by atoms with E-state index in [9.17, 15) is 18.0 Å². The Morgan fingerprint density at radius 1 is 1.41 bits per heavy atom. The first-order valence-corrected chi connectivity index (χ1v) is 6.17. The molecule has 0 aliphatic rings. The van der Waals surface area contributed by atoms with Crippen LogP contribution in [0.5, 0.6) is 0 Å². The molecule has 1 N–H and O–H groups in total. The molecule has 1 rings (SSSR count). The molecule has 1 aromatic carbocycles. The van der Waals surface area contributed by atoms with E-state index in [1.54, 1.807) is 18.2 Å². The maximum Gasteiger partial charge on any atom is 0.401 e. The summed E-state index contributed by atoms with van der Waals surface area (Å²) in [5.41, 5.74) is 0. The van der Waals surface area contributed by atoms with Crippen molar-refractivity contribution in [2.75, 3.05) is 0 Å². The molecule has 0 saturated carbocycles. The summed E-state index contributed by atoms with van der Waals surface area (Å²) >= 11 is 3.62. The van der Waals surface area contributed by atoms with Crippen molar-refractivity contribution in [2.24, 2.45) is 0 Å². The molecule has 0 amide bonds. The second-order valence-corrected chi connectivity index (χ2v) is 5.28. The maximum absolute atomic E-state index is 12.6. The number of aliphatic carboxylic acids is 1. The lowest BCUT2D eigenvalue weighted by molar-refractivity contribution is -0.149. The summed E-state index contributed by atoms with van der Waals surface area (Å²) in [5.74, 6) is -1.47. The number of carboxylic acids is 1. The van der Waals surface area contributed by atoms with Crippen LogP contribution < -0.4 is 0 Å². The topological polar surface area (TPSA) is 37.3 Å². The van der Waals surface area contributed by atoms with Gasteiger partial charge in [-0.2, -0.15) is 13.2 Å². The summed E-state index contributed by atoms with van der Waals surface area (Å²) in [5, 5.41) is 6.52. The molecular formula is C10H8BrF3O2S. The molecule has 0 radical (unpaired) electrons. The van der Waals surface area contributed by atoms with Crippen LogP contribution in [-0.4, -0.2) is 22.5 Å². The Labute approximate surface area is 108 Å². The van der Waals surface area contributed by atoms with Gasteiger partial charge in [0.05, 0.1) is 6.42 Å². The van der Waals surface area contributed by atoms with E-state index in [4.69, 9.17) is 5.11 Å². The molecule has 1 atom stereocenters. The van der Waals surface area contributed by atoms with Gasteiger partial charge in [0.25, 0.3) is 0 Å². The lowest BCUT2D eigenvalue weighted by Crippen LogP contribution is -2.28. The van der Waals surface area contributed by atoms with E-state index in [1.165, 1.54) is 6.07 Å². The number of carbonyl (C=O) groups is 1. The van der Waals surface area contributed by atoms with Crippen molar-refractivity contribution in [3.05, 3.63) is 28.7 Å². The summed E-state index contributed by atoms with van der Waals surface area (Å²) < 4.78 is 38.3. The summed E-state index contributed by atoms with van der Waals surface area (Å²) in [6.07, 6.45) is -5.49. The Morgan fingerprint density at radius 3 is 2.47 bits per heavy atom. The number of halogens is 4. The Hall–Kier alpha value is -0.690. The normalized spacial score (nSPS) is 13.4. The van der Waals surface area contributed by atoms with Crippen LogP contribution in [0.1, 0.15) is 6.42 Å². The van der Waals surface area contributed by atoms with Crippen molar-refractivity contribution in [3.63, 3.8) is 0 Å². The Balaban J connectivity index is 2.87. The third kappa shape index (κ3) is 4.59. The number of hydrogen-bond acceptors (Lipinski definition) is 2. The van der Waals surface area contributed by atoms with Crippen molar-refractivity contribution in [3.8, 4) is 0 Å². The van der Waals surface area contributed by atoms with Gasteiger partial charge in [-0.25, -0.2) is 0 Å². The molecule has 7 heteroatoms. The zero-order valence-corrected chi connectivity index (χ0v) is 10.8. The van der Waals surface area contributed by atoms with Crippen LogP contribution in [0.3, 0.4) is 0 Å². The number of alkyl halides is 3. The molecule has 0 aliphatic heterocycles. The lowest BCUT2D eigenvalue weighted by Gasteiger charge is -2.18. The standard InChI is InChI=1S/C10H8BrF3O2S/c11-6-3-1-2-4-7(6)17-8(5-9(15)16)10(12,13)14/h1-4,8H,5H2,(H,15,16). The monoisotopic (exact) mass is 328 g/mol. The van der Waals surface area contributed by atoms with Gasteiger partial charge < -0.3 is 5.11 Å². The zero-order chi connectivity index (χ0) is 13.1. The van der Waals surface area contributed by atoms with Gasteiger partial charge in [-0.3, -0.25) is 4.79 Å². The molecule has 94 valence electrons. The molecule has 0 heterocycles. The van der Waals surface area contributed by atoms with Crippen molar-refractivity contribution in [1.29, 1.82) is 0 Å². The molecular weight excluding hydrogens is 321 g/mol. The molecule has 17 heavy (non-hydrogen) atoms. The van der Waals surface area contributed by atoms with Gasteiger partial charge in [-0.15, -0.1) is 11.8 Å². The fourth-order valence-electron chi connectivity index (χ4n) is 1.08. The number of thioether (sulfide) groups is 1. The number of rotatable bonds is 4. The highest BCUT2D eigenvalue weighted by atomic mass is 79.9. The summed E-state index contributed by atoms with van der Waals surface area (Å²) in [7, 11) is 0. The third-order valence-corrected chi connectivity index (χ3v) is 4.11. The molecule has 1 aromatic rings. The third-order valence-electron chi connectivity index (χ3n) is 1.83. The fourth-order valence-corrected chi connectivity index (χ4v) is 2.65. The average molecular weight is 329 g/mol. The van der Waals surface area contributed by atoms with E-state index >= 15 is 0 Å². The van der Waals surface area contributed by atoms with Crippen LogP contribution in [0.15, 0.2) is 33.6 Å².